The molecule has 4 aromatic rings. The number of hydrazone groups is 1. The molecule has 0 bridgehead atoms. The van der Waals surface area contributed by atoms with Crippen molar-refractivity contribution in [3.8, 4) is 22.8 Å². The van der Waals surface area contributed by atoms with E-state index < -0.39 is 5.91 Å². The topological polar surface area (TPSA) is 146 Å². The minimum atomic E-state index is -0.588. The summed E-state index contributed by atoms with van der Waals surface area (Å²) in [7, 11) is 0. The van der Waals surface area contributed by atoms with E-state index in [1.54, 1.807) is 49.4 Å². The predicted octanol–water partition coefficient (Wildman–Crippen LogP) is 3.11. The molecule has 1 amide bonds. The summed E-state index contributed by atoms with van der Waals surface area (Å²) in [6, 6.07) is 14.2. The molecule has 0 fully saturated rings. The Morgan fingerprint density at radius 2 is 2.06 bits per heavy atom. The number of nitrogen functional groups attached to an aromatic ring is 1. The van der Waals surface area contributed by atoms with Gasteiger partial charge in [0.05, 0.1) is 12.3 Å². The number of carbonyl (C=O) groups is 1. The van der Waals surface area contributed by atoms with Crippen molar-refractivity contribution in [2.75, 3.05) is 12.3 Å². The summed E-state index contributed by atoms with van der Waals surface area (Å²) in [6.07, 6.45) is 0. The zero-order valence-electron chi connectivity index (χ0n) is 17.7. The lowest BCUT2D eigenvalue weighted by Crippen LogP contribution is -2.21. The van der Waals surface area contributed by atoms with Crippen LogP contribution in [0.3, 0.4) is 0 Å². The van der Waals surface area contributed by atoms with E-state index >= 15 is 0 Å². The van der Waals surface area contributed by atoms with Gasteiger partial charge in [0.15, 0.2) is 5.69 Å². The normalized spacial score (nSPS) is 11.4. The lowest BCUT2D eigenvalue weighted by molar-refractivity contribution is 0.0950. The molecule has 2 aromatic heterocycles. The SMILES string of the molecule is CCOc1cccc(-c2c(C(=O)N/N=C(/C)c3cccc(Cl)c3)nnn2-c2nonc2N)c1. The molecule has 0 saturated carbocycles. The molecule has 3 N–H and O–H groups in total. The average Bonchev–Trinajstić information content (AvgIpc) is 3.43. The van der Waals surface area contributed by atoms with Gasteiger partial charge in [0.25, 0.3) is 5.91 Å². The van der Waals surface area contributed by atoms with Crippen LogP contribution in [-0.4, -0.2) is 43.5 Å². The summed E-state index contributed by atoms with van der Waals surface area (Å²) >= 11 is 6.03. The van der Waals surface area contributed by atoms with Crippen LogP contribution in [0.5, 0.6) is 5.75 Å². The van der Waals surface area contributed by atoms with E-state index in [1.807, 2.05) is 13.0 Å². The van der Waals surface area contributed by atoms with Crippen molar-refractivity contribution in [2.45, 2.75) is 13.8 Å². The van der Waals surface area contributed by atoms with Gasteiger partial charge < -0.3 is 10.5 Å². The monoisotopic (exact) mass is 466 g/mol. The van der Waals surface area contributed by atoms with Gasteiger partial charge in [-0.05, 0) is 54.0 Å². The molecular formula is C21H19ClN8O3. The zero-order chi connectivity index (χ0) is 23.4. The maximum Gasteiger partial charge on any atom is 0.294 e. The second kappa shape index (κ2) is 9.49. The highest BCUT2D eigenvalue weighted by Crippen LogP contribution is 2.29. The maximum absolute atomic E-state index is 13.0. The van der Waals surface area contributed by atoms with Crippen LogP contribution in [0.1, 0.15) is 29.9 Å². The standard InChI is InChI=1S/C21H19ClN8O3/c1-3-32-16-9-5-7-14(11-16)18-17(25-29-30(18)20-19(23)27-33-28-20)21(31)26-24-12(2)13-6-4-8-15(22)10-13/h4-11H,3H2,1-2H3,(H2,23,27)(H,26,31)/b24-12-. The molecule has 0 aliphatic carbocycles. The number of halogens is 1. The average molecular weight is 467 g/mol. The van der Waals surface area contributed by atoms with E-state index in [1.165, 1.54) is 4.68 Å². The lowest BCUT2D eigenvalue weighted by atomic mass is 10.1. The van der Waals surface area contributed by atoms with Crippen LogP contribution in [0, 0.1) is 0 Å². The van der Waals surface area contributed by atoms with E-state index in [9.17, 15) is 4.79 Å². The first-order valence-corrected chi connectivity index (χ1v) is 10.2. The fraction of sp³-hybridized carbons (Fsp3) is 0.143. The number of aromatic nitrogens is 5. The van der Waals surface area contributed by atoms with Crippen LogP contribution in [0.4, 0.5) is 5.82 Å². The molecule has 2 aromatic carbocycles. The van der Waals surface area contributed by atoms with Crippen molar-refractivity contribution in [2.24, 2.45) is 5.10 Å². The van der Waals surface area contributed by atoms with Crippen molar-refractivity contribution in [3.63, 3.8) is 0 Å². The van der Waals surface area contributed by atoms with Gasteiger partial charge >= 0.3 is 0 Å². The van der Waals surface area contributed by atoms with Crippen LogP contribution in [0.15, 0.2) is 58.3 Å². The van der Waals surface area contributed by atoms with Gasteiger partial charge in [-0.15, -0.1) is 5.10 Å². The summed E-state index contributed by atoms with van der Waals surface area (Å²) in [6.45, 7) is 4.10. The highest BCUT2D eigenvalue weighted by molar-refractivity contribution is 6.31. The first-order chi connectivity index (χ1) is 16.0. The summed E-state index contributed by atoms with van der Waals surface area (Å²) in [5.41, 5.74) is 10.6. The van der Waals surface area contributed by atoms with E-state index in [2.05, 4.69) is 35.8 Å². The van der Waals surface area contributed by atoms with Gasteiger partial charge in [0.1, 0.15) is 11.4 Å². The van der Waals surface area contributed by atoms with E-state index in [0.29, 0.717) is 34.3 Å². The van der Waals surface area contributed by atoms with E-state index in [-0.39, 0.29) is 17.3 Å². The lowest BCUT2D eigenvalue weighted by Gasteiger charge is -2.08. The number of hydrogen-bond acceptors (Lipinski definition) is 9. The highest BCUT2D eigenvalue weighted by Gasteiger charge is 2.25. The molecule has 11 nitrogen and oxygen atoms in total. The number of rotatable bonds is 7. The molecule has 4 rings (SSSR count). The Labute approximate surface area is 193 Å². The van der Waals surface area contributed by atoms with Crippen molar-refractivity contribution in [3.05, 3.63) is 64.8 Å². The molecule has 0 spiro atoms. The number of nitrogens with zero attached hydrogens (tertiary/aromatic N) is 6. The Hall–Kier alpha value is -4.25. The van der Waals surface area contributed by atoms with Gasteiger partial charge in [0, 0.05) is 10.6 Å². The number of amides is 1. The van der Waals surface area contributed by atoms with Crippen LogP contribution in [-0.2, 0) is 0 Å². The number of nitrogens with two attached hydrogens (primary N) is 1. The molecule has 0 unspecified atom stereocenters. The van der Waals surface area contributed by atoms with Gasteiger partial charge in [-0.3, -0.25) is 4.79 Å². The van der Waals surface area contributed by atoms with Crippen LogP contribution >= 0.6 is 11.6 Å². The van der Waals surface area contributed by atoms with Crippen LogP contribution in [0.2, 0.25) is 5.02 Å². The van der Waals surface area contributed by atoms with E-state index in [4.69, 9.17) is 22.1 Å². The van der Waals surface area contributed by atoms with Gasteiger partial charge in [0.2, 0.25) is 11.6 Å². The molecule has 0 aliphatic rings. The Morgan fingerprint density at radius 1 is 1.24 bits per heavy atom. The van der Waals surface area contributed by atoms with Crippen molar-refractivity contribution in [1.29, 1.82) is 0 Å². The van der Waals surface area contributed by atoms with Gasteiger partial charge in [-0.2, -0.15) is 9.78 Å². The Kier molecular flexibility index (Phi) is 6.31. The third kappa shape index (κ3) is 4.67. The summed E-state index contributed by atoms with van der Waals surface area (Å²) in [5.74, 6) is 0.102. The predicted molar refractivity (Wildman–Crippen MR) is 121 cm³/mol. The minimum absolute atomic E-state index is 0.00584. The third-order valence-electron chi connectivity index (χ3n) is 4.57. The summed E-state index contributed by atoms with van der Waals surface area (Å²) in [4.78, 5) is 13.0. The van der Waals surface area contributed by atoms with Crippen LogP contribution in [0.25, 0.3) is 17.1 Å². The fourth-order valence-electron chi connectivity index (χ4n) is 3.05. The minimum Gasteiger partial charge on any atom is -0.494 e. The van der Waals surface area contributed by atoms with Gasteiger partial charge in [-0.1, -0.05) is 41.1 Å². The van der Waals surface area contributed by atoms with Gasteiger partial charge in [-0.25, -0.2) is 10.1 Å². The Balaban J connectivity index is 1.73. The molecule has 0 aliphatic heterocycles. The fourth-order valence-corrected chi connectivity index (χ4v) is 3.24. The quantitative estimate of drug-likeness (QED) is 0.312. The maximum atomic E-state index is 13.0. The molecular weight excluding hydrogens is 448 g/mol. The molecule has 0 atom stereocenters. The highest BCUT2D eigenvalue weighted by atomic mass is 35.5. The second-order valence-electron chi connectivity index (χ2n) is 6.78. The van der Waals surface area contributed by atoms with Crippen molar-refractivity contribution < 1.29 is 14.2 Å². The number of hydrogen-bond donors (Lipinski definition) is 2. The van der Waals surface area contributed by atoms with Crippen molar-refractivity contribution in [1.82, 2.24) is 30.7 Å². The molecule has 2 heterocycles. The zero-order valence-corrected chi connectivity index (χ0v) is 18.4. The molecule has 33 heavy (non-hydrogen) atoms. The second-order valence-corrected chi connectivity index (χ2v) is 7.22. The number of carbonyl (C=O) groups excluding carboxylic acids is 1. The molecule has 12 heteroatoms. The Morgan fingerprint density at radius 3 is 2.79 bits per heavy atom. The summed E-state index contributed by atoms with van der Waals surface area (Å²) < 4.78 is 11.5. The largest absolute Gasteiger partial charge is 0.494 e. The molecule has 168 valence electrons. The first-order valence-electron chi connectivity index (χ1n) is 9.85. The Bertz CT molecular complexity index is 1330. The number of benzene rings is 2. The number of nitrogens with one attached hydrogen (secondary N) is 1. The van der Waals surface area contributed by atoms with Crippen molar-refractivity contribution >= 4 is 29.0 Å². The number of ether oxygens (including phenoxy) is 1. The smallest absolute Gasteiger partial charge is 0.294 e. The third-order valence-corrected chi connectivity index (χ3v) is 4.80. The first kappa shape index (κ1) is 22.0. The summed E-state index contributed by atoms with van der Waals surface area (Å²) in [5, 5.41) is 20.2. The van der Waals surface area contributed by atoms with Crippen LogP contribution < -0.4 is 15.9 Å². The number of anilines is 1. The van der Waals surface area contributed by atoms with E-state index in [0.717, 1.165) is 5.56 Å². The molecule has 0 saturated heterocycles. The molecule has 0 radical (unpaired) electrons.